The average Bonchev–Trinajstić information content (AvgIpc) is 2.18. The monoisotopic (exact) mass is 237 g/mol. The highest BCUT2D eigenvalue weighted by Crippen LogP contribution is 2.30. The van der Waals surface area contributed by atoms with Gasteiger partial charge in [-0.25, -0.2) is 0 Å². The van der Waals surface area contributed by atoms with Gasteiger partial charge >= 0.3 is 6.36 Å². The molecule has 1 rings (SSSR count). The molecule has 4 nitrogen and oxygen atoms in total. The van der Waals surface area contributed by atoms with E-state index in [1.165, 1.54) is 0 Å². The summed E-state index contributed by atoms with van der Waals surface area (Å²) < 4.78 is 39.3. The Kier molecular flexibility index (Phi) is 3.61. The quantitative estimate of drug-likeness (QED) is 0.740. The van der Waals surface area contributed by atoms with Crippen molar-refractivity contribution in [2.75, 3.05) is 6.61 Å². The Hall–Kier alpha value is -1.47. The molecule has 0 heterocycles. The Labute approximate surface area is 89.1 Å². The summed E-state index contributed by atoms with van der Waals surface area (Å²) in [5.74, 6) is -0.791. The molecule has 0 unspecified atom stereocenters. The lowest BCUT2D eigenvalue weighted by molar-refractivity contribution is -0.274. The lowest BCUT2D eigenvalue weighted by Crippen LogP contribution is -2.18. The standard InChI is InChI=1S/C9H10F3NO3/c10-9(11,12)16-5-1-2-8(15)6(3-5)7(13)4-14/h1-3,7,14-15H,4,13H2/t7-/m0/s1. The fourth-order valence-corrected chi connectivity index (χ4v) is 1.13. The summed E-state index contributed by atoms with van der Waals surface area (Å²) in [7, 11) is 0. The SMILES string of the molecule is N[C@@H](CO)c1cc(OC(F)(F)F)ccc1O. The number of rotatable bonds is 3. The first-order chi connectivity index (χ1) is 7.33. The molecule has 1 aromatic carbocycles. The summed E-state index contributed by atoms with van der Waals surface area (Å²) in [6.07, 6.45) is -4.81. The van der Waals surface area contributed by atoms with Gasteiger partial charge in [-0.15, -0.1) is 13.2 Å². The second-order valence-corrected chi connectivity index (χ2v) is 3.06. The number of halogens is 3. The number of aliphatic hydroxyl groups excluding tert-OH is 1. The van der Waals surface area contributed by atoms with E-state index in [2.05, 4.69) is 4.74 Å². The molecule has 0 fully saturated rings. The number of alkyl halides is 3. The van der Waals surface area contributed by atoms with Crippen LogP contribution in [-0.2, 0) is 0 Å². The number of phenols is 1. The molecule has 0 aromatic heterocycles. The van der Waals surface area contributed by atoms with Crippen LogP contribution in [-0.4, -0.2) is 23.2 Å². The van der Waals surface area contributed by atoms with Crippen molar-refractivity contribution >= 4 is 0 Å². The van der Waals surface area contributed by atoms with E-state index in [1.54, 1.807) is 0 Å². The van der Waals surface area contributed by atoms with Crippen molar-refractivity contribution in [1.82, 2.24) is 0 Å². The first kappa shape index (κ1) is 12.6. The van der Waals surface area contributed by atoms with Crippen LogP contribution >= 0.6 is 0 Å². The zero-order valence-corrected chi connectivity index (χ0v) is 8.03. The molecule has 90 valence electrons. The number of aromatic hydroxyl groups is 1. The predicted octanol–water partition coefficient (Wildman–Crippen LogP) is 1.28. The topological polar surface area (TPSA) is 75.7 Å². The van der Waals surface area contributed by atoms with Crippen LogP contribution in [0.2, 0.25) is 0 Å². The van der Waals surface area contributed by atoms with E-state index in [1.807, 2.05) is 0 Å². The number of nitrogens with two attached hydrogens (primary N) is 1. The zero-order valence-electron chi connectivity index (χ0n) is 8.03. The zero-order chi connectivity index (χ0) is 12.3. The summed E-state index contributed by atoms with van der Waals surface area (Å²) in [6, 6.07) is 1.95. The summed E-state index contributed by atoms with van der Waals surface area (Å²) in [6.45, 7) is -0.497. The van der Waals surface area contributed by atoms with Crippen LogP contribution in [0.1, 0.15) is 11.6 Å². The van der Waals surface area contributed by atoms with Crippen molar-refractivity contribution in [1.29, 1.82) is 0 Å². The Morgan fingerprint density at radius 3 is 2.50 bits per heavy atom. The van der Waals surface area contributed by atoms with E-state index >= 15 is 0 Å². The maximum atomic E-state index is 11.9. The molecule has 0 saturated heterocycles. The molecule has 0 amide bonds. The Morgan fingerprint density at radius 2 is 2.00 bits per heavy atom. The number of benzene rings is 1. The molecule has 1 aromatic rings. The molecular weight excluding hydrogens is 227 g/mol. The summed E-state index contributed by atoms with van der Waals surface area (Å²) in [4.78, 5) is 0. The van der Waals surface area contributed by atoms with Gasteiger partial charge in [-0.2, -0.15) is 0 Å². The van der Waals surface area contributed by atoms with Crippen molar-refractivity contribution in [3.8, 4) is 11.5 Å². The third-order valence-electron chi connectivity index (χ3n) is 1.83. The Bertz CT molecular complexity index is 368. The molecule has 7 heteroatoms. The molecule has 0 aliphatic heterocycles. The van der Waals surface area contributed by atoms with Crippen LogP contribution in [0.4, 0.5) is 13.2 Å². The van der Waals surface area contributed by atoms with Crippen molar-refractivity contribution in [2.45, 2.75) is 12.4 Å². The van der Waals surface area contributed by atoms with Gasteiger partial charge in [0.15, 0.2) is 0 Å². The van der Waals surface area contributed by atoms with Crippen LogP contribution in [0.3, 0.4) is 0 Å². The van der Waals surface area contributed by atoms with Crippen molar-refractivity contribution in [2.24, 2.45) is 5.73 Å². The van der Waals surface area contributed by atoms with Gasteiger partial charge in [0.05, 0.1) is 12.6 Å². The summed E-state index contributed by atoms with van der Waals surface area (Å²) in [5.41, 5.74) is 5.37. The van der Waals surface area contributed by atoms with Crippen LogP contribution < -0.4 is 10.5 Å². The molecule has 0 aliphatic carbocycles. The predicted molar refractivity (Wildman–Crippen MR) is 48.8 cm³/mol. The summed E-state index contributed by atoms with van der Waals surface area (Å²) >= 11 is 0. The normalized spacial score (nSPS) is 13.6. The molecule has 0 bridgehead atoms. The van der Waals surface area contributed by atoms with Gasteiger partial charge in [0.2, 0.25) is 0 Å². The highest BCUT2D eigenvalue weighted by Gasteiger charge is 2.31. The van der Waals surface area contributed by atoms with Gasteiger partial charge < -0.3 is 20.7 Å². The van der Waals surface area contributed by atoms with E-state index in [0.717, 1.165) is 18.2 Å². The van der Waals surface area contributed by atoms with Gasteiger partial charge in [-0.05, 0) is 18.2 Å². The Morgan fingerprint density at radius 1 is 1.38 bits per heavy atom. The maximum Gasteiger partial charge on any atom is 0.573 e. The van der Waals surface area contributed by atoms with E-state index in [9.17, 15) is 18.3 Å². The lowest BCUT2D eigenvalue weighted by atomic mass is 10.1. The van der Waals surface area contributed by atoms with Crippen molar-refractivity contribution in [3.63, 3.8) is 0 Å². The lowest BCUT2D eigenvalue weighted by Gasteiger charge is -2.14. The number of hydrogen-bond acceptors (Lipinski definition) is 4. The van der Waals surface area contributed by atoms with Gasteiger partial charge in [0.25, 0.3) is 0 Å². The van der Waals surface area contributed by atoms with Crippen molar-refractivity contribution in [3.05, 3.63) is 23.8 Å². The number of aliphatic hydroxyl groups is 1. The molecule has 16 heavy (non-hydrogen) atoms. The van der Waals surface area contributed by atoms with E-state index in [-0.39, 0.29) is 11.3 Å². The number of phenolic OH excluding ortho intramolecular Hbond substituents is 1. The van der Waals surface area contributed by atoms with E-state index < -0.39 is 24.8 Å². The van der Waals surface area contributed by atoms with E-state index in [4.69, 9.17) is 10.8 Å². The van der Waals surface area contributed by atoms with Gasteiger partial charge in [-0.3, -0.25) is 0 Å². The second kappa shape index (κ2) is 4.58. The third-order valence-corrected chi connectivity index (χ3v) is 1.83. The molecule has 4 N–H and O–H groups in total. The third kappa shape index (κ3) is 3.28. The van der Waals surface area contributed by atoms with E-state index in [0.29, 0.717) is 0 Å². The minimum absolute atomic E-state index is 0.00995. The minimum Gasteiger partial charge on any atom is -0.508 e. The first-order valence-corrected chi connectivity index (χ1v) is 4.28. The molecule has 0 radical (unpaired) electrons. The minimum atomic E-state index is -4.81. The van der Waals surface area contributed by atoms with Crippen LogP contribution in [0, 0.1) is 0 Å². The van der Waals surface area contributed by atoms with Gasteiger partial charge in [0.1, 0.15) is 11.5 Å². The molecule has 1 atom stereocenters. The molecule has 0 spiro atoms. The Balaban J connectivity index is 2.98. The van der Waals surface area contributed by atoms with Crippen molar-refractivity contribution < 1.29 is 28.1 Å². The highest BCUT2D eigenvalue weighted by atomic mass is 19.4. The second-order valence-electron chi connectivity index (χ2n) is 3.06. The molecular formula is C9H10F3NO3. The fourth-order valence-electron chi connectivity index (χ4n) is 1.13. The van der Waals surface area contributed by atoms with Crippen LogP contribution in [0.25, 0.3) is 0 Å². The fraction of sp³-hybridized carbons (Fsp3) is 0.333. The van der Waals surface area contributed by atoms with Crippen LogP contribution in [0.15, 0.2) is 18.2 Å². The average molecular weight is 237 g/mol. The number of ether oxygens (including phenoxy) is 1. The van der Waals surface area contributed by atoms with Gasteiger partial charge in [0, 0.05) is 5.56 Å². The van der Waals surface area contributed by atoms with Crippen LogP contribution in [0.5, 0.6) is 11.5 Å². The summed E-state index contributed by atoms with van der Waals surface area (Å²) in [5, 5.41) is 18.0. The van der Waals surface area contributed by atoms with Gasteiger partial charge in [-0.1, -0.05) is 0 Å². The largest absolute Gasteiger partial charge is 0.573 e. The molecule has 0 saturated carbocycles. The highest BCUT2D eigenvalue weighted by molar-refractivity contribution is 5.41. The number of hydrogen-bond donors (Lipinski definition) is 3. The maximum absolute atomic E-state index is 11.9. The smallest absolute Gasteiger partial charge is 0.508 e. The first-order valence-electron chi connectivity index (χ1n) is 4.28. The molecule has 0 aliphatic rings.